The van der Waals surface area contributed by atoms with Gasteiger partial charge in [0.1, 0.15) is 0 Å². The van der Waals surface area contributed by atoms with Crippen LogP contribution in [-0.4, -0.2) is 18.6 Å². The minimum absolute atomic E-state index is 0.281. The minimum Gasteiger partial charge on any atom is -0.487 e. The molecule has 0 atom stereocenters. The van der Waals surface area contributed by atoms with E-state index in [0.29, 0.717) is 12.4 Å². The van der Waals surface area contributed by atoms with Gasteiger partial charge in [0.15, 0.2) is 17.4 Å². The van der Waals surface area contributed by atoms with Gasteiger partial charge in [-0.25, -0.2) is 8.78 Å². The van der Waals surface area contributed by atoms with Gasteiger partial charge in [0.25, 0.3) is 0 Å². The maximum atomic E-state index is 12.9. The molecule has 13 heavy (non-hydrogen) atoms. The van der Waals surface area contributed by atoms with E-state index in [1.165, 1.54) is 18.2 Å². The second kappa shape index (κ2) is 5.07. The molecular weight excluding hydrogens is 194 g/mol. The molecule has 0 amide bonds. The van der Waals surface area contributed by atoms with Crippen molar-refractivity contribution in [2.75, 3.05) is 18.6 Å². The first-order valence-corrected chi connectivity index (χ1v) is 5.21. The molecule has 0 radical (unpaired) electrons. The Balaban J connectivity index is 2.64. The molecule has 0 saturated heterocycles. The molecule has 1 aromatic carbocycles. The molecule has 0 aliphatic rings. The monoisotopic (exact) mass is 204 g/mol. The van der Waals surface area contributed by atoms with Gasteiger partial charge in [-0.1, -0.05) is 6.07 Å². The summed E-state index contributed by atoms with van der Waals surface area (Å²) in [5.41, 5.74) is 0. The summed E-state index contributed by atoms with van der Waals surface area (Å²) in [6, 6.07) is 3.67. The fraction of sp³-hybridized carbons (Fsp3) is 0.333. The third-order valence-corrected chi connectivity index (χ3v) is 2.03. The van der Waals surface area contributed by atoms with Gasteiger partial charge in [0, 0.05) is 5.75 Å². The van der Waals surface area contributed by atoms with Gasteiger partial charge < -0.3 is 4.74 Å². The second-order valence-corrected chi connectivity index (χ2v) is 3.38. The summed E-state index contributed by atoms with van der Waals surface area (Å²) in [6.45, 7) is 0.318. The van der Waals surface area contributed by atoms with Crippen molar-refractivity contribution in [1.29, 1.82) is 0 Å². The van der Waals surface area contributed by atoms with Gasteiger partial charge in [-0.15, -0.1) is 0 Å². The summed E-state index contributed by atoms with van der Waals surface area (Å²) in [4.78, 5) is 0. The lowest BCUT2D eigenvalue weighted by Gasteiger charge is -2.06. The van der Waals surface area contributed by atoms with Crippen LogP contribution < -0.4 is 4.74 Å². The molecule has 1 nitrogen and oxygen atoms in total. The third kappa shape index (κ3) is 2.88. The summed E-state index contributed by atoms with van der Waals surface area (Å²) in [5.74, 6) is -0.868. The number of rotatable bonds is 4. The van der Waals surface area contributed by atoms with Crippen LogP contribution in [0.4, 0.5) is 8.78 Å². The highest BCUT2D eigenvalue weighted by Crippen LogP contribution is 2.20. The Morgan fingerprint density at radius 1 is 1.31 bits per heavy atom. The van der Waals surface area contributed by atoms with E-state index in [4.69, 9.17) is 4.74 Å². The van der Waals surface area contributed by atoms with Crippen molar-refractivity contribution >= 4 is 11.8 Å². The standard InChI is InChI=1S/C9H10F2OS/c1-13-6-5-12-9-7(10)3-2-4-8(9)11/h2-4H,5-6H2,1H3. The Bertz CT molecular complexity index is 258. The molecular formula is C9H10F2OS. The molecule has 0 spiro atoms. The molecule has 72 valence electrons. The third-order valence-electron chi connectivity index (χ3n) is 1.45. The van der Waals surface area contributed by atoms with Crippen molar-refractivity contribution in [3.8, 4) is 5.75 Å². The fourth-order valence-corrected chi connectivity index (χ4v) is 1.10. The maximum absolute atomic E-state index is 12.9. The van der Waals surface area contributed by atoms with Gasteiger partial charge >= 0.3 is 0 Å². The van der Waals surface area contributed by atoms with Crippen LogP contribution in [0.25, 0.3) is 0 Å². The summed E-state index contributed by atoms with van der Waals surface area (Å²) in [5, 5.41) is 0. The van der Waals surface area contributed by atoms with E-state index in [9.17, 15) is 8.78 Å². The molecule has 0 aliphatic heterocycles. The Morgan fingerprint density at radius 2 is 1.92 bits per heavy atom. The van der Waals surface area contributed by atoms with Crippen LogP contribution in [0.3, 0.4) is 0 Å². The van der Waals surface area contributed by atoms with Crippen LogP contribution >= 0.6 is 11.8 Å². The summed E-state index contributed by atoms with van der Waals surface area (Å²) in [7, 11) is 0. The van der Waals surface area contributed by atoms with Crippen molar-refractivity contribution < 1.29 is 13.5 Å². The van der Waals surface area contributed by atoms with Gasteiger partial charge in [0.2, 0.25) is 0 Å². The van der Waals surface area contributed by atoms with E-state index in [0.717, 1.165) is 0 Å². The van der Waals surface area contributed by atoms with Crippen LogP contribution in [0.2, 0.25) is 0 Å². The Kier molecular flexibility index (Phi) is 4.02. The van der Waals surface area contributed by atoms with E-state index in [2.05, 4.69) is 0 Å². The second-order valence-electron chi connectivity index (χ2n) is 2.39. The molecule has 0 unspecified atom stereocenters. The molecule has 4 heteroatoms. The first-order valence-electron chi connectivity index (χ1n) is 3.81. The van der Waals surface area contributed by atoms with Crippen molar-refractivity contribution in [1.82, 2.24) is 0 Å². The Labute approximate surface area is 80.1 Å². The quantitative estimate of drug-likeness (QED) is 0.697. The van der Waals surface area contributed by atoms with Gasteiger partial charge in [0.05, 0.1) is 6.61 Å². The van der Waals surface area contributed by atoms with Gasteiger partial charge in [-0.05, 0) is 18.4 Å². The molecule has 1 aromatic rings. The number of ether oxygens (including phenoxy) is 1. The predicted molar refractivity (Wildman–Crippen MR) is 50.2 cm³/mol. The van der Waals surface area contributed by atoms with Gasteiger partial charge in [-0.2, -0.15) is 11.8 Å². The summed E-state index contributed by atoms with van der Waals surface area (Å²) in [6.07, 6.45) is 1.90. The molecule has 0 aromatic heterocycles. The molecule has 0 fully saturated rings. The Hall–Kier alpha value is -0.770. The largest absolute Gasteiger partial charge is 0.487 e. The summed E-state index contributed by atoms with van der Waals surface area (Å²) < 4.78 is 30.7. The lowest BCUT2D eigenvalue weighted by Crippen LogP contribution is -2.03. The van der Waals surface area contributed by atoms with Gasteiger partial charge in [-0.3, -0.25) is 0 Å². The normalized spacial score (nSPS) is 10.1. The number of para-hydroxylation sites is 1. The lowest BCUT2D eigenvalue weighted by atomic mass is 10.3. The first-order chi connectivity index (χ1) is 6.25. The highest BCUT2D eigenvalue weighted by Gasteiger charge is 2.08. The predicted octanol–water partition coefficient (Wildman–Crippen LogP) is 2.71. The number of hydrogen-bond donors (Lipinski definition) is 0. The number of hydrogen-bond acceptors (Lipinski definition) is 2. The number of thioether (sulfide) groups is 1. The van der Waals surface area contributed by atoms with Crippen molar-refractivity contribution in [2.24, 2.45) is 0 Å². The lowest BCUT2D eigenvalue weighted by molar-refractivity contribution is 0.306. The van der Waals surface area contributed by atoms with E-state index in [-0.39, 0.29) is 5.75 Å². The van der Waals surface area contributed by atoms with E-state index in [1.54, 1.807) is 11.8 Å². The molecule has 0 saturated carbocycles. The first kappa shape index (κ1) is 10.3. The highest BCUT2D eigenvalue weighted by atomic mass is 32.2. The van der Waals surface area contributed by atoms with Crippen LogP contribution in [-0.2, 0) is 0 Å². The fourth-order valence-electron chi connectivity index (χ4n) is 0.847. The molecule has 0 N–H and O–H groups in total. The molecule has 0 aliphatic carbocycles. The molecule has 1 rings (SSSR count). The number of halogens is 2. The average Bonchev–Trinajstić information content (AvgIpc) is 2.10. The molecule has 0 bridgehead atoms. The van der Waals surface area contributed by atoms with E-state index >= 15 is 0 Å². The Morgan fingerprint density at radius 3 is 2.46 bits per heavy atom. The van der Waals surface area contributed by atoms with Crippen LogP contribution in [0.15, 0.2) is 18.2 Å². The zero-order valence-electron chi connectivity index (χ0n) is 7.22. The van der Waals surface area contributed by atoms with Crippen molar-refractivity contribution in [3.63, 3.8) is 0 Å². The zero-order valence-corrected chi connectivity index (χ0v) is 8.04. The van der Waals surface area contributed by atoms with Crippen LogP contribution in [0, 0.1) is 11.6 Å². The average molecular weight is 204 g/mol. The van der Waals surface area contributed by atoms with Crippen molar-refractivity contribution in [3.05, 3.63) is 29.8 Å². The van der Waals surface area contributed by atoms with E-state index in [1.807, 2.05) is 6.26 Å². The minimum atomic E-state index is -0.652. The van der Waals surface area contributed by atoms with Crippen LogP contribution in [0.1, 0.15) is 0 Å². The topological polar surface area (TPSA) is 9.23 Å². The zero-order chi connectivity index (χ0) is 9.68. The van der Waals surface area contributed by atoms with E-state index < -0.39 is 11.6 Å². The number of benzene rings is 1. The SMILES string of the molecule is CSCCOc1c(F)cccc1F. The smallest absolute Gasteiger partial charge is 0.190 e. The summed E-state index contributed by atoms with van der Waals surface area (Å²) >= 11 is 1.56. The van der Waals surface area contributed by atoms with Crippen molar-refractivity contribution in [2.45, 2.75) is 0 Å². The van der Waals surface area contributed by atoms with Crippen LogP contribution in [0.5, 0.6) is 5.75 Å². The maximum Gasteiger partial charge on any atom is 0.190 e. The highest BCUT2D eigenvalue weighted by molar-refractivity contribution is 7.98. The molecule has 0 heterocycles.